The van der Waals surface area contributed by atoms with E-state index in [2.05, 4.69) is 70.0 Å². The van der Waals surface area contributed by atoms with Crippen molar-refractivity contribution in [2.45, 2.75) is 50.1 Å². The van der Waals surface area contributed by atoms with Crippen LogP contribution in [0.5, 0.6) is 0 Å². The number of piperidine rings is 1. The average molecular weight is 408 g/mol. The monoisotopic (exact) mass is 408 g/mol. The van der Waals surface area contributed by atoms with Gasteiger partial charge >= 0.3 is 0 Å². The lowest BCUT2D eigenvalue weighted by molar-refractivity contribution is 0.122. The highest BCUT2D eigenvalue weighted by atomic mass is 127. The summed E-state index contributed by atoms with van der Waals surface area (Å²) in [5.41, 5.74) is 2.43. The van der Waals surface area contributed by atoms with Crippen LogP contribution in [0.25, 0.3) is 0 Å². The average Bonchev–Trinajstić information content (AvgIpc) is 3.02. The van der Waals surface area contributed by atoms with E-state index in [9.17, 15) is 0 Å². The Morgan fingerprint density at radius 3 is 2.68 bits per heavy atom. The third-order valence-electron chi connectivity index (χ3n) is 5.54. The van der Waals surface area contributed by atoms with Crippen LogP contribution >= 0.6 is 22.6 Å². The molecule has 2 aliphatic rings. The highest BCUT2D eigenvalue weighted by molar-refractivity contribution is 14.1. The zero-order valence-electron chi connectivity index (χ0n) is 13.0. The van der Waals surface area contributed by atoms with Crippen LogP contribution in [-0.4, -0.2) is 29.2 Å². The van der Waals surface area contributed by atoms with Gasteiger partial charge in [-0.25, -0.2) is 0 Å². The van der Waals surface area contributed by atoms with Crippen molar-refractivity contribution in [2.24, 2.45) is 0 Å². The van der Waals surface area contributed by atoms with Crippen molar-refractivity contribution in [3.05, 3.63) is 50.9 Å². The lowest BCUT2D eigenvalue weighted by atomic mass is 9.75. The minimum absolute atomic E-state index is 0.421. The van der Waals surface area contributed by atoms with Crippen LogP contribution in [0, 0.1) is 10.5 Å². The minimum Gasteiger partial charge on any atom is -0.361 e. The zero-order valence-corrected chi connectivity index (χ0v) is 15.2. The minimum atomic E-state index is 0.421. The first kappa shape index (κ1) is 14.7. The molecule has 0 radical (unpaired) electrons. The quantitative estimate of drug-likeness (QED) is 0.694. The van der Waals surface area contributed by atoms with Crippen LogP contribution in [0.4, 0.5) is 0 Å². The summed E-state index contributed by atoms with van der Waals surface area (Å²) in [5.74, 6) is 2.03. The largest absolute Gasteiger partial charge is 0.361 e. The summed E-state index contributed by atoms with van der Waals surface area (Å²) < 4.78 is 7.00. The Balaban J connectivity index is 1.76. The van der Waals surface area contributed by atoms with Crippen molar-refractivity contribution in [1.29, 1.82) is 0 Å². The van der Waals surface area contributed by atoms with Crippen LogP contribution < -0.4 is 0 Å². The lowest BCUT2D eigenvalue weighted by Crippen LogP contribution is -2.44. The van der Waals surface area contributed by atoms with E-state index in [4.69, 9.17) is 4.52 Å². The summed E-state index contributed by atoms with van der Waals surface area (Å²) in [6.45, 7) is 2.01. The van der Waals surface area contributed by atoms with E-state index in [0.29, 0.717) is 17.9 Å². The molecule has 0 aliphatic carbocycles. The summed E-state index contributed by atoms with van der Waals surface area (Å²) in [7, 11) is 2.28. The van der Waals surface area contributed by atoms with Gasteiger partial charge in [-0.15, -0.1) is 0 Å². The van der Waals surface area contributed by atoms with E-state index in [1.54, 1.807) is 0 Å². The standard InChI is InChI=1S/C18H21IN2O/c1-11-9-17(22-20-11)18-15(12-3-5-13(19)6-4-12)10-14-7-8-16(18)21(14)2/h3-6,9,14-16,18H,7-8,10H2,1-2H3/t14-,15?,16?,18+/m1/s1. The fourth-order valence-corrected chi connectivity index (χ4v) is 4.81. The van der Waals surface area contributed by atoms with Crippen molar-refractivity contribution in [2.75, 3.05) is 7.05 Å². The van der Waals surface area contributed by atoms with Crippen LogP contribution in [0.15, 0.2) is 34.9 Å². The first-order valence-corrected chi connectivity index (χ1v) is 9.12. The fraction of sp³-hybridized carbons (Fsp3) is 0.500. The number of likely N-dealkylation sites (N-methyl/N-ethyl adjacent to an activating group) is 1. The Morgan fingerprint density at radius 1 is 1.23 bits per heavy atom. The predicted molar refractivity (Wildman–Crippen MR) is 95.1 cm³/mol. The predicted octanol–water partition coefficient (Wildman–Crippen LogP) is 4.32. The number of aryl methyl sites for hydroxylation is 1. The van der Waals surface area contributed by atoms with E-state index in [1.165, 1.54) is 28.4 Å². The molecule has 0 spiro atoms. The molecule has 2 aromatic rings. The van der Waals surface area contributed by atoms with Gasteiger partial charge in [0, 0.05) is 27.6 Å². The number of aromatic nitrogens is 1. The van der Waals surface area contributed by atoms with Crippen LogP contribution in [0.2, 0.25) is 0 Å². The second kappa shape index (κ2) is 5.64. The summed E-state index contributed by atoms with van der Waals surface area (Å²) in [6.07, 6.45) is 3.80. The first-order chi connectivity index (χ1) is 10.6. The molecule has 116 valence electrons. The van der Waals surface area contributed by atoms with Crippen LogP contribution in [0.1, 0.15) is 48.1 Å². The molecule has 4 rings (SSSR count). The molecule has 2 saturated heterocycles. The third-order valence-corrected chi connectivity index (χ3v) is 6.26. The maximum atomic E-state index is 5.70. The van der Waals surface area contributed by atoms with Gasteiger partial charge in [0.25, 0.3) is 0 Å². The molecule has 2 unspecified atom stereocenters. The van der Waals surface area contributed by atoms with Gasteiger partial charge < -0.3 is 4.52 Å². The summed E-state index contributed by atoms with van der Waals surface area (Å²) >= 11 is 2.37. The Hall–Kier alpha value is -0.880. The van der Waals surface area contributed by atoms with Gasteiger partial charge in [0.15, 0.2) is 0 Å². The SMILES string of the molecule is Cc1cc([C@H]2C(c3ccc(I)cc3)C[C@H]3CCC2N3C)on1. The van der Waals surface area contributed by atoms with E-state index in [-0.39, 0.29) is 0 Å². The number of hydrogen-bond acceptors (Lipinski definition) is 3. The maximum Gasteiger partial charge on any atom is 0.142 e. The number of halogens is 1. The number of nitrogens with zero attached hydrogens (tertiary/aromatic N) is 2. The number of fused-ring (bicyclic) bond motifs is 2. The molecule has 2 aliphatic heterocycles. The topological polar surface area (TPSA) is 29.3 Å². The zero-order chi connectivity index (χ0) is 15.3. The van der Waals surface area contributed by atoms with E-state index >= 15 is 0 Å². The smallest absolute Gasteiger partial charge is 0.142 e. The Morgan fingerprint density at radius 2 is 2.00 bits per heavy atom. The van der Waals surface area contributed by atoms with E-state index in [1.807, 2.05) is 6.92 Å². The molecule has 22 heavy (non-hydrogen) atoms. The number of rotatable bonds is 2. The fourth-order valence-electron chi connectivity index (χ4n) is 4.45. The van der Waals surface area contributed by atoms with Crippen molar-refractivity contribution in [3.63, 3.8) is 0 Å². The van der Waals surface area contributed by atoms with Crippen molar-refractivity contribution in [3.8, 4) is 0 Å². The summed E-state index contributed by atoms with van der Waals surface area (Å²) in [4.78, 5) is 2.58. The molecule has 2 fully saturated rings. The molecule has 1 aromatic carbocycles. The molecule has 0 amide bonds. The van der Waals surface area contributed by atoms with Gasteiger partial charge in [-0.2, -0.15) is 0 Å². The van der Waals surface area contributed by atoms with Crippen molar-refractivity contribution < 1.29 is 4.52 Å². The summed E-state index contributed by atoms with van der Waals surface area (Å²) in [5, 5.41) is 4.15. The lowest BCUT2D eigenvalue weighted by Gasteiger charge is -2.42. The van der Waals surface area contributed by atoms with Gasteiger partial charge in [-0.3, -0.25) is 4.90 Å². The molecular formula is C18H21IN2O. The van der Waals surface area contributed by atoms with Gasteiger partial charge in [-0.1, -0.05) is 17.3 Å². The molecule has 0 N–H and O–H groups in total. The number of benzene rings is 1. The molecule has 3 heterocycles. The second-order valence-corrected chi connectivity index (χ2v) is 8.00. The third kappa shape index (κ3) is 2.40. The van der Waals surface area contributed by atoms with Gasteiger partial charge in [0.2, 0.25) is 0 Å². The molecule has 2 bridgehead atoms. The highest BCUT2D eigenvalue weighted by Gasteiger charge is 2.47. The number of hydrogen-bond donors (Lipinski definition) is 0. The van der Waals surface area contributed by atoms with Gasteiger partial charge in [0.1, 0.15) is 5.76 Å². The van der Waals surface area contributed by atoms with Crippen LogP contribution in [-0.2, 0) is 0 Å². The molecule has 4 atom stereocenters. The van der Waals surface area contributed by atoms with Gasteiger partial charge in [0.05, 0.1) is 5.69 Å². The molecular weight excluding hydrogens is 387 g/mol. The van der Waals surface area contributed by atoms with Crippen LogP contribution in [0.3, 0.4) is 0 Å². The molecule has 1 aromatic heterocycles. The van der Waals surface area contributed by atoms with Crippen molar-refractivity contribution >= 4 is 22.6 Å². The Kier molecular flexibility index (Phi) is 3.77. The molecule has 3 nitrogen and oxygen atoms in total. The van der Waals surface area contributed by atoms with E-state index in [0.717, 1.165) is 17.5 Å². The maximum absolute atomic E-state index is 5.70. The summed E-state index contributed by atoms with van der Waals surface area (Å²) in [6, 6.07) is 12.5. The normalized spacial score (nSPS) is 31.6. The molecule has 0 saturated carbocycles. The highest BCUT2D eigenvalue weighted by Crippen LogP contribution is 2.50. The second-order valence-electron chi connectivity index (χ2n) is 6.75. The Labute approximate surface area is 145 Å². The molecule has 4 heteroatoms. The van der Waals surface area contributed by atoms with Crippen molar-refractivity contribution in [1.82, 2.24) is 10.1 Å². The Bertz CT molecular complexity index is 666. The van der Waals surface area contributed by atoms with E-state index < -0.39 is 0 Å². The van der Waals surface area contributed by atoms with Gasteiger partial charge in [-0.05, 0) is 79.4 Å². The first-order valence-electron chi connectivity index (χ1n) is 8.04.